The number of rotatable bonds is 4. The Morgan fingerprint density at radius 2 is 2.19 bits per heavy atom. The van der Waals surface area contributed by atoms with Crippen LogP contribution in [0.15, 0.2) is 29.6 Å². The van der Waals surface area contributed by atoms with Crippen molar-refractivity contribution in [2.75, 3.05) is 0 Å². The topological polar surface area (TPSA) is 43.1 Å². The van der Waals surface area contributed by atoms with Gasteiger partial charge in [0.05, 0.1) is 0 Å². The highest BCUT2D eigenvalue weighted by atomic mass is 32.1. The molecule has 3 heteroatoms. The van der Waals surface area contributed by atoms with Crippen LogP contribution in [0.25, 0.3) is 10.1 Å². The Hall–Kier alpha value is -1.19. The standard InChI is InChI=1S/C13H15NOS/c1-9(14)6-7-12(15)11-8-16-13-5-3-2-4-10(11)13/h2-5,8-9H,6-7,14H2,1H3. The van der Waals surface area contributed by atoms with Gasteiger partial charge in [0.1, 0.15) is 0 Å². The van der Waals surface area contributed by atoms with Gasteiger partial charge in [0.2, 0.25) is 0 Å². The molecule has 0 amide bonds. The van der Waals surface area contributed by atoms with Crippen molar-refractivity contribution in [1.29, 1.82) is 0 Å². The van der Waals surface area contributed by atoms with E-state index in [0.717, 1.165) is 17.4 Å². The predicted molar refractivity (Wildman–Crippen MR) is 69.0 cm³/mol. The summed E-state index contributed by atoms with van der Waals surface area (Å²) in [5, 5.41) is 3.02. The molecule has 0 saturated carbocycles. The number of carbonyl (C=O) groups is 1. The fourth-order valence-corrected chi connectivity index (χ4v) is 2.65. The van der Waals surface area contributed by atoms with Gasteiger partial charge in [-0.15, -0.1) is 11.3 Å². The smallest absolute Gasteiger partial charge is 0.164 e. The summed E-state index contributed by atoms with van der Waals surface area (Å²) in [6.07, 6.45) is 1.29. The highest BCUT2D eigenvalue weighted by molar-refractivity contribution is 7.17. The van der Waals surface area contributed by atoms with Gasteiger partial charge in [-0.25, -0.2) is 0 Å². The van der Waals surface area contributed by atoms with Crippen molar-refractivity contribution < 1.29 is 4.79 Å². The lowest BCUT2D eigenvalue weighted by Crippen LogP contribution is -2.16. The van der Waals surface area contributed by atoms with Crippen LogP contribution in [0.5, 0.6) is 0 Å². The third-order valence-electron chi connectivity index (χ3n) is 2.61. The van der Waals surface area contributed by atoms with Crippen molar-refractivity contribution in [2.24, 2.45) is 5.73 Å². The molecule has 0 aliphatic rings. The minimum Gasteiger partial charge on any atom is -0.328 e. The normalized spacial score (nSPS) is 12.9. The number of Topliss-reactive ketones (excluding diaryl/α,β-unsaturated/α-hetero) is 1. The minimum atomic E-state index is 0.0915. The summed E-state index contributed by atoms with van der Waals surface area (Å²) >= 11 is 1.62. The molecule has 0 spiro atoms. The molecule has 2 N–H and O–H groups in total. The van der Waals surface area contributed by atoms with E-state index in [9.17, 15) is 4.79 Å². The van der Waals surface area contributed by atoms with E-state index < -0.39 is 0 Å². The van der Waals surface area contributed by atoms with Gasteiger partial charge < -0.3 is 5.73 Å². The lowest BCUT2D eigenvalue weighted by atomic mass is 10.0. The Morgan fingerprint density at radius 3 is 2.94 bits per heavy atom. The third-order valence-corrected chi connectivity index (χ3v) is 3.57. The number of hydrogen-bond donors (Lipinski definition) is 1. The molecule has 84 valence electrons. The summed E-state index contributed by atoms with van der Waals surface area (Å²) in [7, 11) is 0. The molecular formula is C13H15NOS. The van der Waals surface area contributed by atoms with E-state index in [4.69, 9.17) is 5.73 Å². The molecule has 0 aliphatic carbocycles. The van der Waals surface area contributed by atoms with Crippen molar-refractivity contribution >= 4 is 27.2 Å². The van der Waals surface area contributed by atoms with Crippen LogP contribution in [0.3, 0.4) is 0 Å². The van der Waals surface area contributed by atoms with E-state index in [0.29, 0.717) is 6.42 Å². The molecule has 2 nitrogen and oxygen atoms in total. The minimum absolute atomic E-state index is 0.0915. The molecule has 0 radical (unpaired) electrons. The molecule has 2 rings (SSSR count). The van der Waals surface area contributed by atoms with Crippen molar-refractivity contribution in [1.82, 2.24) is 0 Å². The summed E-state index contributed by atoms with van der Waals surface area (Å²) in [5.41, 5.74) is 6.51. The van der Waals surface area contributed by atoms with Crippen LogP contribution < -0.4 is 5.73 Å². The molecule has 1 aromatic heterocycles. The van der Waals surface area contributed by atoms with E-state index in [2.05, 4.69) is 0 Å². The van der Waals surface area contributed by atoms with Crippen molar-refractivity contribution in [3.05, 3.63) is 35.2 Å². The molecule has 0 bridgehead atoms. The van der Waals surface area contributed by atoms with Gasteiger partial charge in [0.25, 0.3) is 0 Å². The highest BCUT2D eigenvalue weighted by Crippen LogP contribution is 2.26. The molecule has 1 heterocycles. The zero-order chi connectivity index (χ0) is 11.5. The molecule has 0 fully saturated rings. The van der Waals surface area contributed by atoms with E-state index >= 15 is 0 Å². The van der Waals surface area contributed by atoms with Gasteiger partial charge in [-0.2, -0.15) is 0 Å². The van der Waals surface area contributed by atoms with Crippen molar-refractivity contribution in [3.8, 4) is 0 Å². The largest absolute Gasteiger partial charge is 0.328 e. The van der Waals surface area contributed by atoms with E-state index in [1.165, 1.54) is 4.70 Å². The summed E-state index contributed by atoms with van der Waals surface area (Å²) in [5.74, 6) is 0.203. The van der Waals surface area contributed by atoms with Crippen molar-refractivity contribution in [2.45, 2.75) is 25.8 Å². The second-order valence-corrected chi connectivity index (χ2v) is 5.00. The number of fused-ring (bicyclic) bond motifs is 1. The third kappa shape index (κ3) is 2.31. The number of benzene rings is 1. The Kier molecular flexibility index (Phi) is 3.36. The second-order valence-electron chi connectivity index (χ2n) is 4.08. The number of thiophene rings is 1. The van der Waals surface area contributed by atoms with Gasteiger partial charge in [-0.1, -0.05) is 18.2 Å². The lowest BCUT2D eigenvalue weighted by molar-refractivity contribution is 0.0980. The van der Waals surface area contributed by atoms with Crippen LogP contribution >= 0.6 is 11.3 Å². The summed E-state index contributed by atoms with van der Waals surface area (Å²) in [6, 6.07) is 8.11. The quantitative estimate of drug-likeness (QED) is 0.824. The number of hydrogen-bond acceptors (Lipinski definition) is 3. The lowest BCUT2D eigenvalue weighted by Gasteiger charge is -2.03. The maximum absolute atomic E-state index is 12.0. The highest BCUT2D eigenvalue weighted by Gasteiger charge is 2.12. The summed E-state index contributed by atoms with van der Waals surface area (Å²) in [6.45, 7) is 1.93. The van der Waals surface area contributed by atoms with Crippen LogP contribution in [-0.2, 0) is 0 Å². The molecular weight excluding hydrogens is 218 g/mol. The summed E-state index contributed by atoms with van der Waals surface area (Å²) < 4.78 is 1.17. The van der Waals surface area contributed by atoms with E-state index in [-0.39, 0.29) is 11.8 Å². The first kappa shape index (κ1) is 11.3. The van der Waals surface area contributed by atoms with Crippen LogP contribution in [0.2, 0.25) is 0 Å². The van der Waals surface area contributed by atoms with E-state index in [1.807, 2.05) is 36.6 Å². The molecule has 16 heavy (non-hydrogen) atoms. The second kappa shape index (κ2) is 4.76. The predicted octanol–water partition coefficient (Wildman–Crippen LogP) is 3.21. The Bertz CT molecular complexity index is 501. The molecule has 1 aromatic carbocycles. The fraction of sp³-hybridized carbons (Fsp3) is 0.308. The first-order chi connectivity index (χ1) is 7.68. The van der Waals surface area contributed by atoms with Gasteiger partial charge in [0, 0.05) is 33.5 Å². The number of ketones is 1. The van der Waals surface area contributed by atoms with Crippen LogP contribution in [0, 0.1) is 0 Å². The average molecular weight is 233 g/mol. The SMILES string of the molecule is CC(N)CCC(=O)c1csc2ccccc12. The first-order valence-corrected chi connectivity index (χ1v) is 6.31. The van der Waals surface area contributed by atoms with Gasteiger partial charge in [-0.3, -0.25) is 4.79 Å². The zero-order valence-corrected chi connectivity index (χ0v) is 10.1. The van der Waals surface area contributed by atoms with E-state index in [1.54, 1.807) is 11.3 Å². The zero-order valence-electron chi connectivity index (χ0n) is 9.27. The van der Waals surface area contributed by atoms with Gasteiger partial charge in [0.15, 0.2) is 5.78 Å². The number of nitrogens with two attached hydrogens (primary N) is 1. The van der Waals surface area contributed by atoms with Crippen LogP contribution in [0.4, 0.5) is 0 Å². The first-order valence-electron chi connectivity index (χ1n) is 5.43. The van der Waals surface area contributed by atoms with Gasteiger partial charge >= 0.3 is 0 Å². The van der Waals surface area contributed by atoms with Gasteiger partial charge in [-0.05, 0) is 19.4 Å². The molecule has 1 atom stereocenters. The fourth-order valence-electron chi connectivity index (χ4n) is 1.69. The number of carbonyl (C=O) groups excluding carboxylic acids is 1. The summed E-state index contributed by atoms with van der Waals surface area (Å²) in [4.78, 5) is 12.0. The van der Waals surface area contributed by atoms with Crippen molar-refractivity contribution in [3.63, 3.8) is 0 Å². The molecule has 0 saturated heterocycles. The van der Waals surface area contributed by atoms with Crippen LogP contribution in [0.1, 0.15) is 30.1 Å². The Balaban J connectivity index is 2.23. The maximum atomic E-state index is 12.0. The molecule has 0 aliphatic heterocycles. The average Bonchev–Trinajstić information content (AvgIpc) is 2.69. The molecule has 1 unspecified atom stereocenters. The Morgan fingerprint density at radius 1 is 1.44 bits per heavy atom. The molecule has 2 aromatic rings. The Labute approximate surface area is 99.1 Å². The maximum Gasteiger partial charge on any atom is 0.164 e. The van der Waals surface area contributed by atoms with Crippen LogP contribution in [-0.4, -0.2) is 11.8 Å². The monoisotopic (exact) mass is 233 g/mol.